The topological polar surface area (TPSA) is 70.5 Å². The lowest BCUT2D eigenvalue weighted by Crippen LogP contribution is -2.73. The van der Waals surface area contributed by atoms with Gasteiger partial charge in [-0.2, -0.15) is 5.10 Å². The zero-order chi connectivity index (χ0) is 27.6. The monoisotopic (exact) mass is 537 g/mol. The summed E-state index contributed by atoms with van der Waals surface area (Å²) in [6, 6.07) is 6.03. The Hall–Kier alpha value is -2.74. The van der Waals surface area contributed by atoms with E-state index in [-0.39, 0.29) is 23.7 Å². The van der Waals surface area contributed by atoms with Crippen LogP contribution in [0.3, 0.4) is 0 Å². The molecule has 3 heterocycles. The van der Waals surface area contributed by atoms with Crippen LogP contribution in [0.25, 0.3) is 5.69 Å². The number of halogens is 1. The van der Waals surface area contributed by atoms with Crippen molar-refractivity contribution in [1.29, 1.82) is 0 Å². The van der Waals surface area contributed by atoms with E-state index in [1.165, 1.54) is 44.2 Å². The first-order chi connectivity index (χ1) is 18.8. The van der Waals surface area contributed by atoms with Crippen LogP contribution in [-0.2, 0) is 16.1 Å². The lowest BCUT2D eigenvalue weighted by molar-refractivity contribution is -0.162. The molecule has 39 heavy (non-hydrogen) atoms. The number of rotatable bonds is 8. The molecule has 0 radical (unpaired) electrons. The van der Waals surface area contributed by atoms with E-state index in [1.54, 1.807) is 12.1 Å². The number of carbonyl (C=O) groups excluding carboxylic acids is 2. The first kappa shape index (κ1) is 27.8. The molecule has 2 aliphatic heterocycles. The van der Waals surface area contributed by atoms with Crippen molar-refractivity contribution >= 4 is 11.8 Å². The number of amides is 2. The van der Waals surface area contributed by atoms with Gasteiger partial charge >= 0.3 is 0 Å². The molecule has 212 valence electrons. The van der Waals surface area contributed by atoms with Gasteiger partial charge in [-0.1, -0.05) is 45.4 Å². The summed E-state index contributed by atoms with van der Waals surface area (Å²) in [5.41, 5.74) is 3.26. The number of likely N-dealkylation sites (tertiary alicyclic amines) is 1. The molecule has 3 aliphatic rings. The van der Waals surface area contributed by atoms with Gasteiger partial charge in [0.2, 0.25) is 11.8 Å². The van der Waals surface area contributed by atoms with Gasteiger partial charge in [0.25, 0.3) is 0 Å². The Kier molecular flexibility index (Phi) is 8.40. The smallest absolute Gasteiger partial charge is 0.246 e. The molecule has 1 saturated carbocycles. The third kappa shape index (κ3) is 5.63. The molecule has 1 aromatic carbocycles. The SMILES string of the molecule is CCCCN1C(=O)C(CC2CCCCC2)NC(=O)C12CCN(Cc1c(C)nn(-c3ccc(F)cc3)c1C)CC2. The largest absolute Gasteiger partial charge is 0.342 e. The Morgan fingerprint density at radius 3 is 2.41 bits per heavy atom. The van der Waals surface area contributed by atoms with Crippen molar-refractivity contribution in [3.63, 3.8) is 0 Å². The maximum absolute atomic E-state index is 13.8. The van der Waals surface area contributed by atoms with Gasteiger partial charge in [0.05, 0.1) is 11.4 Å². The number of piperazine rings is 1. The number of hydrogen-bond donors (Lipinski definition) is 1. The standard InChI is InChI=1S/C31H44FN5O2/c1-4-5-17-36-29(38)28(20-24-9-7-6-8-10-24)33-30(39)31(36)15-18-35(19-16-31)21-27-22(2)34-37(23(27)3)26-13-11-25(32)12-14-26/h11-14,24,28H,4-10,15-21H2,1-3H3,(H,33,39). The molecule has 0 bridgehead atoms. The fourth-order valence-corrected chi connectivity index (χ4v) is 6.97. The highest BCUT2D eigenvalue weighted by molar-refractivity contribution is 6.00. The van der Waals surface area contributed by atoms with E-state index >= 15 is 0 Å². The lowest BCUT2D eigenvalue weighted by Gasteiger charge is -2.52. The summed E-state index contributed by atoms with van der Waals surface area (Å²) in [4.78, 5) is 31.9. The molecule has 8 heteroatoms. The van der Waals surface area contributed by atoms with Crippen LogP contribution in [0.15, 0.2) is 24.3 Å². The van der Waals surface area contributed by atoms with Gasteiger partial charge in [0, 0.05) is 37.4 Å². The van der Waals surface area contributed by atoms with Crippen LogP contribution < -0.4 is 5.32 Å². The van der Waals surface area contributed by atoms with Gasteiger partial charge < -0.3 is 10.2 Å². The number of nitrogens with one attached hydrogen (secondary N) is 1. The predicted octanol–water partition coefficient (Wildman–Crippen LogP) is 5.06. The average Bonchev–Trinajstić information content (AvgIpc) is 3.22. The van der Waals surface area contributed by atoms with E-state index in [9.17, 15) is 14.0 Å². The third-order valence-corrected chi connectivity index (χ3v) is 9.42. The number of aryl methyl sites for hydroxylation is 1. The fraction of sp³-hybridized carbons (Fsp3) is 0.645. The molecule has 1 unspecified atom stereocenters. The highest BCUT2D eigenvalue weighted by Crippen LogP contribution is 2.36. The summed E-state index contributed by atoms with van der Waals surface area (Å²) in [6.07, 6.45) is 10.1. The zero-order valence-corrected chi connectivity index (χ0v) is 23.8. The van der Waals surface area contributed by atoms with Crippen LogP contribution >= 0.6 is 0 Å². The van der Waals surface area contributed by atoms with Crippen LogP contribution in [-0.4, -0.2) is 62.6 Å². The summed E-state index contributed by atoms with van der Waals surface area (Å²) < 4.78 is 15.3. The minimum Gasteiger partial charge on any atom is -0.342 e. The van der Waals surface area contributed by atoms with Crippen molar-refractivity contribution < 1.29 is 14.0 Å². The van der Waals surface area contributed by atoms with E-state index in [2.05, 4.69) is 24.1 Å². The molecule has 1 spiro atoms. The minimum absolute atomic E-state index is 0.0511. The summed E-state index contributed by atoms with van der Waals surface area (Å²) >= 11 is 0. The summed E-state index contributed by atoms with van der Waals surface area (Å²) in [6.45, 7) is 9.10. The average molecular weight is 538 g/mol. The van der Waals surface area contributed by atoms with Crippen LogP contribution in [0, 0.1) is 25.6 Å². The third-order valence-electron chi connectivity index (χ3n) is 9.42. The Morgan fingerprint density at radius 2 is 1.74 bits per heavy atom. The van der Waals surface area contributed by atoms with E-state index in [0.717, 1.165) is 61.5 Å². The van der Waals surface area contributed by atoms with Crippen molar-refractivity contribution in [2.24, 2.45) is 5.92 Å². The molecule has 2 saturated heterocycles. The number of piperidine rings is 1. The number of nitrogens with zero attached hydrogens (tertiary/aromatic N) is 4. The van der Waals surface area contributed by atoms with Crippen molar-refractivity contribution in [3.8, 4) is 5.69 Å². The van der Waals surface area contributed by atoms with Gasteiger partial charge in [-0.05, 0) is 69.7 Å². The second kappa shape index (κ2) is 11.8. The fourth-order valence-electron chi connectivity index (χ4n) is 6.97. The van der Waals surface area contributed by atoms with Crippen molar-refractivity contribution in [2.75, 3.05) is 19.6 Å². The molecular formula is C31H44FN5O2. The van der Waals surface area contributed by atoms with E-state index in [1.807, 2.05) is 16.5 Å². The second-order valence-corrected chi connectivity index (χ2v) is 12.0. The van der Waals surface area contributed by atoms with Gasteiger partial charge in [0.1, 0.15) is 17.4 Å². The summed E-state index contributed by atoms with van der Waals surface area (Å²) in [5.74, 6) is 0.463. The summed E-state index contributed by atoms with van der Waals surface area (Å²) in [5, 5.41) is 7.93. The van der Waals surface area contributed by atoms with E-state index < -0.39 is 5.54 Å². The van der Waals surface area contributed by atoms with Crippen LogP contribution in [0.4, 0.5) is 4.39 Å². The van der Waals surface area contributed by atoms with Crippen molar-refractivity contribution in [3.05, 3.63) is 47.0 Å². The number of unbranched alkanes of at least 4 members (excludes halogenated alkanes) is 1. The zero-order valence-electron chi connectivity index (χ0n) is 23.8. The predicted molar refractivity (Wildman–Crippen MR) is 150 cm³/mol. The first-order valence-corrected chi connectivity index (χ1v) is 15.0. The molecule has 3 fully saturated rings. The van der Waals surface area contributed by atoms with Gasteiger partial charge in [-0.25, -0.2) is 9.07 Å². The quantitative estimate of drug-likeness (QED) is 0.511. The highest BCUT2D eigenvalue weighted by Gasteiger charge is 2.53. The normalized spacial score (nSPS) is 22.5. The van der Waals surface area contributed by atoms with Crippen LogP contribution in [0.5, 0.6) is 0 Å². The number of benzene rings is 1. The Labute approximate surface area is 232 Å². The maximum Gasteiger partial charge on any atom is 0.246 e. The lowest BCUT2D eigenvalue weighted by atomic mass is 9.79. The van der Waals surface area contributed by atoms with Crippen molar-refractivity contribution in [2.45, 2.75) is 103 Å². The van der Waals surface area contributed by atoms with Crippen LogP contribution in [0.2, 0.25) is 0 Å². The molecule has 1 aliphatic carbocycles. The van der Waals surface area contributed by atoms with Gasteiger partial charge in [-0.15, -0.1) is 0 Å². The Balaban J connectivity index is 1.28. The Morgan fingerprint density at radius 1 is 1.05 bits per heavy atom. The summed E-state index contributed by atoms with van der Waals surface area (Å²) in [7, 11) is 0. The van der Waals surface area contributed by atoms with E-state index in [4.69, 9.17) is 5.10 Å². The molecule has 1 aromatic heterocycles. The second-order valence-electron chi connectivity index (χ2n) is 12.0. The minimum atomic E-state index is -0.742. The number of aromatic nitrogens is 2. The van der Waals surface area contributed by atoms with E-state index in [0.29, 0.717) is 25.3 Å². The van der Waals surface area contributed by atoms with Crippen LogP contribution in [0.1, 0.15) is 88.1 Å². The molecule has 1 atom stereocenters. The number of hydrogen-bond acceptors (Lipinski definition) is 4. The molecule has 7 nitrogen and oxygen atoms in total. The van der Waals surface area contributed by atoms with Gasteiger partial charge in [0.15, 0.2) is 0 Å². The first-order valence-electron chi connectivity index (χ1n) is 15.0. The van der Waals surface area contributed by atoms with Crippen molar-refractivity contribution in [1.82, 2.24) is 24.9 Å². The Bertz CT molecular complexity index is 1160. The molecule has 1 N–H and O–H groups in total. The molecule has 2 aromatic rings. The maximum atomic E-state index is 13.8. The molecular weight excluding hydrogens is 493 g/mol. The molecule has 5 rings (SSSR count). The van der Waals surface area contributed by atoms with Gasteiger partial charge in [-0.3, -0.25) is 14.5 Å². The highest BCUT2D eigenvalue weighted by atomic mass is 19.1. The molecule has 2 amide bonds. The number of carbonyl (C=O) groups is 2.